The highest BCUT2D eigenvalue weighted by Gasteiger charge is 2.66. The van der Waals surface area contributed by atoms with Gasteiger partial charge in [-0.25, -0.2) is 0 Å². The van der Waals surface area contributed by atoms with Gasteiger partial charge in [0.2, 0.25) is 0 Å². The second-order valence-corrected chi connectivity index (χ2v) is 13.4. The summed E-state index contributed by atoms with van der Waals surface area (Å²) in [5.41, 5.74) is 8.70. The largest absolute Gasteiger partial charge is 0.338 e. The van der Waals surface area contributed by atoms with Crippen LogP contribution in [0, 0.1) is 16.2 Å². The van der Waals surface area contributed by atoms with Crippen LogP contribution in [0.2, 0.25) is 0 Å². The summed E-state index contributed by atoms with van der Waals surface area (Å²) < 4.78 is 0. The van der Waals surface area contributed by atoms with Crippen LogP contribution in [-0.2, 0) is 18.3 Å². The standard InChI is InChI=1S/C40H45N5.C2H6.C2H4/c1-6-39(4)27(3)44(32-22-14-11-19-29(32)26-25-28-17-9-8-10-18-28)34-24-16-13-21-31(34)40(39,7-2)35-30-20-12-15-23-33(30)45-37(42)36(41)43(5)38(35)45;2*1-2/h8-24,27,35,38,41-42H,6-7,25-26H2,1-5H3;1-2H3;1-2H2. The van der Waals surface area contributed by atoms with Gasteiger partial charge in [-0.05, 0) is 78.5 Å². The summed E-state index contributed by atoms with van der Waals surface area (Å²) >= 11 is 0. The van der Waals surface area contributed by atoms with Gasteiger partial charge >= 0.3 is 0 Å². The van der Waals surface area contributed by atoms with Crippen LogP contribution in [0.5, 0.6) is 0 Å². The minimum atomic E-state index is -0.248. The molecule has 0 aliphatic carbocycles. The Labute approximate surface area is 295 Å². The van der Waals surface area contributed by atoms with E-state index in [9.17, 15) is 0 Å². The normalized spacial score (nSPS) is 25.0. The smallest absolute Gasteiger partial charge is 0.170 e. The molecule has 5 atom stereocenters. The first-order chi connectivity index (χ1) is 23.8. The lowest BCUT2D eigenvalue weighted by atomic mass is 9.47. The van der Waals surface area contributed by atoms with E-state index in [2.05, 4.69) is 159 Å². The van der Waals surface area contributed by atoms with Crippen molar-refractivity contribution in [3.63, 3.8) is 0 Å². The van der Waals surface area contributed by atoms with Gasteiger partial charge in [0, 0.05) is 41.5 Å². The van der Waals surface area contributed by atoms with Crippen LogP contribution in [0.25, 0.3) is 0 Å². The van der Waals surface area contributed by atoms with Gasteiger partial charge in [0.15, 0.2) is 11.7 Å². The van der Waals surface area contributed by atoms with Gasteiger partial charge in [-0.15, -0.1) is 13.2 Å². The molecule has 0 bridgehead atoms. The van der Waals surface area contributed by atoms with E-state index in [1.807, 2.05) is 20.9 Å². The van der Waals surface area contributed by atoms with Crippen LogP contribution in [0.4, 0.5) is 17.1 Å². The quantitative estimate of drug-likeness (QED) is 0.195. The zero-order valence-corrected chi connectivity index (χ0v) is 30.6. The number of likely N-dealkylation sites (N-methyl/N-ethyl adjacent to an activating group) is 1. The Morgan fingerprint density at radius 1 is 0.673 bits per heavy atom. The van der Waals surface area contributed by atoms with Crippen molar-refractivity contribution in [1.82, 2.24) is 4.90 Å². The minimum Gasteiger partial charge on any atom is -0.338 e. The van der Waals surface area contributed by atoms with Crippen molar-refractivity contribution in [3.05, 3.63) is 139 Å². The fourth-order valence-electron chi connectivity index (χ4n) is 9.41. The molecule has 5 nitrogen and oxygen atoms in total. The van der Waals surface area contributed by atoms with Crippen LogP contribution in [0.1, 0.15) is 82.6 Å². The Kier molecular flexibility index (Phi) is 10.5. The molecular weight excluding hydrogens is 599 g/mol. The SMILES string of the molecule is C=C.CC.CCC1(C)C(C)N(c2ccccc2CCc2ccccc2)c2ccccc2C1(CC)C1c2ccccc2N2C(=N)C(=N)N(C)C12. The lowest BCUT2D eigenvalue weighted by Gasteiger charge is -2.63. The number of fused-ring (bicyclic) bond motifs is 4. The number of nitrogens with zero attached hydrogens (tertiary/aromatic N) is 3. The molecule has 3 aliphatic rings. The maximum absolute atomic E-state index is 9.02. The average Bonchev–Trinajstić information content (AvgIpc) is 3.62. The molecule has 2 N–H and O–H groups in total. The minimum absolute atomic E-state index is 0.0796. The van der Waals surface area contributed by atoms with Crippen molar-refractivity contribution in [2.24, 2.45) is 5.41 Å². The van der Waals surface area contributed by atoms with Crippen LogP contribution in [0.15, 0.2) is 116 Å². The Hall–Kier alpha value is -4.64. The van der Waals surface area contributed by atoms with Crippen LogP contribution < -0.4 is 9.80 Å². The molecule has 3 heterocycles. The molecule has 49 heavy (non-hydrogen) atoms. The Morgan fingerprint density at radius 3 is 1.90 bits per heavy atom. The summed E-state index contributed by atoms with van der Waals surface area (Å²) in [6, 6.07) is 37.8. The second-order valence-electron chi connectivity index (χ2n) is 13.4. The Balaban J connectivity index is 0.00000113. The third-order valence-corrected chi connectivity index (χ3v) is 11.9. The van der Waals surface area contributed by atoms with Gasteiger partial charge in [-0.1, -0.05) is 120 Å². The monoisotopic (exact) mass is 653 g/mol. The summed E-state index contributed by atoms with van der Waals surface area (Å²) in [4.78, 5) is 6.83. The van der Waals surface area contributed by atoms with Crippen LogP contribution >= 0.6 is 0 Å². The van der Waals surface area contributed by atoms with Gasteiger partial charge in [-0.2, -0.15) is 0 Å². The number of hydrogen-bond acceptors (Lipinski definition) is 3. The average molecular weight is 654 g/mol. The zero-order valence-electron chi connectivity index (χ0n) is 30.6. The topological polar surface area (TPSA) is 57.4 Å². The number of rotatable bonds is 7. The summed E-state index contributed by atoms with van der Waals surface area (Å²) in [6.07, 6.45) is 3.84. The third-order valence-electron chi connectivity index (χ3n) is 11.9. The first-order valence-electron chi connectivity index (χ1n) is 18.1. The van der Waals surface area contributed by atoms with Crippen molar-refractivity contribution in [1.29, 1.82) is 10.8 Å². The maximum Gasteiger partial charge on any atom is 0.170 e. The molecule has 5 unspecified atom stereocenters. The molecule has 0 radical (unpaired) electrons. The summed E-state index contributed by atoms with van der Waals surface area (Å²) in [5.74, 6) is 0.680. The number of amidine groups is 2. The second kappa shape index (κ2) is 14.5. The van der Waals surface area contributed by atoms with Crippen molar-refractivity contribution < 1.29 is 0 Å². The molecule has 1 fully saturated rings. The van der Waals surface area contributed by atoms with E-state index in [0.717, 1.165) is 31.4 Å². The highest BCUT2D eigenvalue weighted by Crippen LogP contribution is 2.67. The van der Waals surface area contributed by atoms with E-state index < -0.39 is 0 Å². The molecule has 0 saturated carbocycles. The molecule has 5 heteroatoms. The predicted molar refractivity (Wildman–Crippen MR) is 210 cm³/mol. The molecule has 0 amide bonds. The lowest BCUT2D eigenvalue weighted by Crippen LogP contribution is -2.63. The molecule has 3 aliphatic heterocycles. The van der Waals surface area contributed by atoms with E-state index in [4.69, 9.17) is 10.8 Å². The summed E-state index contributed by atoms with van der Waals surface area (Å²) in [7, 11) is 2.01. The van der Waals surface area contributed by atoms with Gasteiger partial charge < -0.3 is 14.7 Å². The van der Waals surface area contributed by atoms with E-state index in [-0.39, 0.29) is 29.0 Å². The maximum atomic E-state index is 9.02. The molecule has 7 rings (SSSR count). The summed E-state index contributed by atoms with van der Waals surface area (Å²) in [5, 5.41) is 17.9. The fraction of sp³-hybridized carbons (Fsp3) is 0.364. The van der Waals surface area contributed by atoms with E-state index in [0.29, 0.717) is 11.7 Å². The van der Waals surface area contributed by atoms with Crippen LogP contribution in [0.3, 0.4) is 0 Å². The summed E-state index contributed by atoms with van der Waals surface area (Å²) in [6.45, 7) is 19.7. The van der Waals surface area contributed by atoms with Gasteiger partial charge in [0.25, 0.3) is 0 Å². The number of anilines is 3. The van der Waals surface area contributed by atoms with Gasteiger partial charge in [0.1, 0.15) is 6.17 Å². The van der Waals surface area contributed by atoms with Crippen molar-refractivity contribution in [2.75, 3.05) is 16.8 Å². The van der Waals surface area contributed by atoms with E-state index in [1.54, 1.807) is 0 Å². The number of nitrogens with one attached hydrogen (secondary N) is 2. The highest BCUT2D eigenvalue weighted by molar-refractivity contribution is 6.45. The van der Waals surface area contributed by atoms with Gasteiger partial charge in [0.05, 0.1) is 0 Å². The number of aryl methyl sites for hydroxylation is 2. The first kappa shape index (κ1) is 35.7. The Bertz CT molecular complexity index is 1780. The molecule has 0 aromatic heterocycles. The number of para-hydroxylation sites is 3. The molecular formula is C44H55N5. The Morgan fingerprint density at radius 2 is 1.24 bits per heavy atom. The molecule has 256 valence electrons. The number of hydrogen-bond donors (Lipinski definition) is 2. The number of benzene rings is 4. The van der Waals surface area contributed by atoms with Crippen LogP contribution in [-0.4, -0.2) is 35.8 Å². The van der Waals surface area contributed by atoms with Crippen molar-refractivity contribution in [3.8, 4) is 0 Å². The predicted octanol–water partition coefficient (Wildman–Crippen LogP) is 10.7. The fourth-order valence-corrected chi connectivity index (χ4v) is 9.41. The van der Waals surface area contributed by atoms with E-state index >= 15 is 0 Å². The lowest BCUT2D eigenvalue weighted by molar-refractivity contribution is 0.0420. The first-order valence-corrected chi connectivity index (χ1v) is 18.1. The van der Waals surface area contributed by atoms with Gasteiger partial charge in [-0.3, -0.25) is 10.8 Å². The molecule has 4 aromatic rings. The molecule has 0 spiro atoms. The molecule has 1 saturated heterocycles. The van der Waals surface area contributed by atoms with Crippen molar-refractivity contribution in [2.45, 2.75) is 90.8 Å². The molecule has 4 aromatic carbocycles. The highest BCUT2D eigenvalue weighted by atomic mass is 15.5. The van der Waals surface area contributed by atoms with E-state index in [1.165, 1.54) is 33.6 Å². The van der Waals surface area contributed by atoms with Crippen molar-refractivity contribution >= 4 is 28.7 Å². The zero-order chi connectivity index (χ0) is 35.5. The third kappa shape index (κ3) is 5.29.